The maximum Gasteiger partial charge on any atom is 0.306 e. The van der Waals surface area contributed by atoms with E-state index < -0.39 is 6.10 Å². The van der Waals surface area contributed by atoms with Gasteiger partial charge in [0.25, 0.3) is 0 Å². The van der Waals surface area contributed by atoms with E-state index in [-0.39, 0.29) is 31.1 Å². The summed E-state index contributed by atoms with van der Waals surface area (Å²) in [7, 11) is 0. The van der Waals surface area contributed by atoms with Gasteiger partial charge in [-0.3, -0.25) is 14.4 Å². The van der Waals surface area contributed by atoms with Crippen molar-refractivity contribution in [3.05, 3.63) is 36.5 Å². The SMILES string of the molecule is CCCCCCC/C=C\C/C=C\C/C=C\CCCCCCCCCCCCCCC(=O)OCC(COC(=O)CCCCCCCCCCCC)OC(=O)CCCCCCCCCCCCCC. The Morgan fingerprint density at radius 2 is 0.537 bits per heavy atom. The summed E-state index contributed by atoms with van der Waals surface area (Å²) in [6.07, 6.45) is 67.2. The molecule has 0 fully saturated rings. The lowest BCUT2D eigenvalue weighted by atomic mass is 10.0. The van der Waals surface area contributed by atoms with E-state index in [1.807, 2.05) is 0 Å². The van der Waals surface area contributed by atoms with Gasteiger partial charge in [0.15, 0.2) is 6.10 Å². The van der Waals surface area contributed by atoms with Gasteiger partial charge in [0.1, 0.15) is 13.2 Å². The summed E-state index contributed by atoms with van der Waals surface area (Å²) in [5.74, 6) is -0.855. The Morgan fingerprint density at radius 1 is 0.299 bits per heavy atom. The number of hydrogen-bond donors (Lipinski definition) is 0. The van der Waals surface area contributed by atoms with E-state index >= 15 is 0 Å². The highest BCUT2D eigenvalue weighted by Crippen LogP contribution is 2.17. The first-order chi connectivity index (χ1) is 33.0. The van der Waals surface area contributed by atoms with Crippen molar-refractivity contribution >= 4 is 17.9 Å². The van der Waals surface area contributed by atoms with E-state index in [9.17, 15) is 14.4 Å². The van der Waals surface area contributed by atoms with Crippen molar-refractivity contribution in [2.75, 3.05) is 13.2 Å². The molecular weight excluding hydrogens is 829 g/mol. The largest absolute Gasteiger partial charge is 0.462 e. The van der Waals surface area contributed by atoms with Gasteiger partial charge in [-0.15, -0.1) is 0 Å². The Kier molecular flexibility index (Phi) is 54.2. The fourth-order valence-electron chi connectivity index (χ4n) is 8.69. The fraction of sp³-hybridized carbons (Fsp3) is 0.852. The topological polar surface area (TPSA) is 78.9 Å². The molecule has 1 unspecified atom stereocenters. The predicted molar refractivity (Wildman–Crippen MR) is 289 cm³/mol. The number of carbonyl (C=O) groups excluding carboxylic acids is 3. The summed E-state index contributed by atoms with van der Waals surface area (Å²) in [6, 6.07) is 0. The van der Waals surface area contributed by atoms with E-state index in [0.717, 1.165) is 70.6 Å². The van der Waals surface area contributed by atoms with Crippen LogP contribution in [-0.4, -0.2) is 37.2 Å². The molecule has 0 aliphatic heterocycles. The quantitative estimate of drug-likeness (QED) is 0.0262. The molecule has 6 heteroatoms. The van der Waals surface area contributed by atoms with Gasteiger partial charge in [-0.1, -0.05) is 276 Å². The van der Waals surface area contributed by atoms with E-state index in [1.54, 1.807) is 0 Å². The smallest absolute Gasteiger partial charge is 0.306 e. The maximum absolute atomic E-state index is 12.8. The van der Waals surface area contributed by atoms with Crippen LogP contribution in [0.4, 0.5) is 0 Å². The molecule has 67 heavy (non-hydrogen) atoms. The van der Waals surface area contributed by atoms with Crippen LogP contribution in [0.5, 0.6) is 0 Å². The monoisotopic (exact) mass is 941 g/mol. The number of rotatable bonds is 54. The van der Waals surface area contributed by atoms with Crippen molar-refractivity contribution in [1.29, 1.82) is 0 Å². The predicted octanol–water partition coefficient (Wildman–Crippen LogP) is 19.7. The number of ether oxygens (including phenoxy) is 3. The van der Waals surface area contributed by atoms with Crippen LogP contribution in [0.2, 0.25) is 0 Å². The Morgan fingerprint density at radius 3 is 0.836 bits per heavy atom. The zero-order valence-electron chi connectivity index (χ0n) is 44.9. The van der Waals surface area contributed by atoms with Crippen molar-refractivity contribution in [3.8, 4) is 0 Å². The molecule has 0 aromatic rings. The summed E-state index contributed by atoms with van der Waals surface area (Å²) < 4.78 is 16.8. The van der Waals surface area contributed by atoms with Gasteiger partial charge < -0.3 is 14.2 Å². The summed E-state index contributed by atoms with van der Waals surface area (Å²) in [4.78, 5) is 38.0. The number of hydrogen-bond acceptors (Lipinski definition) is 6. The maximum atomic E-state index is 12.8. The summed E-state index contributed by atoms with van der Waals surface area (Å²) in [5.41, 5.74) is 0. The molecule has 392 valence electrons. The van der Waals surface area contributed by atoms with E-state index in [2.05, 4.69) is 57.2 Å². The lowest BCUT2D eigenvalue weighted by Crippen LogP contribution is -2.30. The molecule has 0 aliphatic rings. The third-order valence-electron chi connectivity index (χ3n) is 13.1. The Bertz CT molecular complexity index is 1130. The second-order valence-corrected chi connectivity index (χ2v) is 19.9. The highest BCUT2D eigenvalue weighted by molar-refractivity contribution is 5.71. The van der Waals surface area contributed by atoms with Gasteiger partial charge in [-0.05, 0) is 57.8 Å². The molecule has 0 saturated heterocycles. The molecule has 0 aromatic heterocycles. The molecule has 1 atom stereocenters. The first-order valence-corrected chi connectivity index (χ1v) is 29.5. The number of allylic oxidation sites excluding steroid dienone is 6. The highest BCUT2D eigenvalue weighted by Gasteiger charge is 2.19. The lowest BCUT2D eigenvalue weighted by molar-refractivity contribution is -0.167. The van der Waals surface area contributed by atoms with Gasteiger partial charge in [-0.25, -0.2) is 0 Å². The number of esters is 3. The van der Waals surface area contributed by atoms with Crippen molar-refractivity contribution in [2.24, 2.45) is 0 Å². The molecule has 0 bridgehead atoms. The highest BCUT2D eigenvalue weighted by atomic mass is 16.6. The van der Waals surface area contributed by atoms with Gasteiger partial charge in [0.2, 0.25) is 0 Å². The first kappa shape index (κ1) is 64.6. The zero-order chi connectivity index (χ0) is 48.6. The average molecular weight is 942 g/mol. The first-order valence-electron chi connectivity index (χ1n) is 29.5. The molecule has 0 saturated carbocycles. The van der Waals surface area contributed by atoms with Crippen LogP contribution in [0.1, 0.15) is 316 Å². The Balaban J connectivity index is 4.14. The lowest BCUT2D eigenvalue weighted by Gasteiger charge is -2.18. The Hall–Kier alpha value is -2.37. The van der Waals surface area contributed by atoms with E-state index in [0.29, 0.717) is 19.3 Å². The minimum atomic E-state index is -0.766. The third kappa shape index (κ3) is 54.4. The van der Waals surface area contributed by atoms with Crippen molar-refractivity contribution in [2.45, 2.75) is 322 Å². The second-order valence-electron chi connectivity index (χ2n) is 19.9. The van der Waals surface area contributed by atoms with E-state index in [1.165, 1.54) is 205 Å². The molecule has 0 spiro atoms. The number of unbranched alkanes of at least 4 members (excludes halogenated alkanes) is 37. The van der Waals surface area contributed by atoms with E-state index in [4.69, 9.17) is 14.2 Å². The van der Waals surface area contributed by atoms with Gasteiger partial charge in [-0.2, -0.15) is 0 Å². The molecule has 0 rings (SSSR count). The minimum absolute atomic E-state index is 0.0675. The molecule has 0 aliphatic carbocycles. The van der Waals surface area contributed by atoms with Crippen LogP contribution in [0.25, 0.3) is 0 Å². The normalized spacial score (nSPS) is 12.2. The van der Waals surface area contributed by atoms with Crippen LogP contribution in [-0.2, 0) is 28.6 Å². The van der Waals surface area contributed by atoms with Crippen molar-refractivity contribution < 1.29 is 28.6 Å². The fourth-order valence-corrected chi connectivity index (χ4v) is 8.69. The zero-order valence-corrected chi connectivity index (χ0v) is 44.9. The van der Waals surface area contributed by atoms with Crippen LogP contribution in [0.15, 0.2) is 36.5 Å². The van der Waals surface area contributed by atoms with Crippen molar-refractivity contribution in [3.63, 3.8) is 0 Å². The molecule has 0 N–H and O–H groups in total. The van der Waals surface area contributed by atoms with Crippen molar-refractivity contribution in [1.82, 2.24) is 0 Å². The molecule has 0 amide bonds. The summed E-state index contributed by atoms with van der Waals surface area (Å²) in [5, 5.41) is 0. The molecular formula is C61H112O6. The van der Waals surface area contributed by atoms with Gasteiger partial charge in [0.05, 0.1) is 0 Å². The Labute approximate surface area is 416 Å². The standard InChI is InChI=1S/C61H112O6/c1-4-7-10-13-16-19-22-24-25-26-27-28-29-30-31-32-33-34-35-36-37-38-40-42-45-48-51-54-60(63)66-57-58(56-65-59(62)53-50-47-44-41-21-18-15-12-9-6-3)67-61(64)55-52-49-46-43-39-23-20-17-14-11-8-5-2/h22,24,26-27,29-30,58H,4-21,23,25,28,31-57H2,1-3H3/b24-22-,27-26-,30-29-. The van der Waals surface area contributed by atoms with Crippen LogP contribution >= 0.6 is 0 Å². The third-order valence-corrected chi connectivity index (χ3v) is 13.1. The van der Waals surface area contributed by atoms with Crippen LogP contribution in [0.3, 0.4) is 0 Å². The van der Waals surface area contributed by atoms with Gasteiger partial charge >= 0.3 is 17.9 Å². The van der Waals surface area contributed by atoms with Crippen LogP contribution in [0, 0.1) is 0 Å². The molecule has 0 radical (unpaired) electrons. The number of carbonyl (C=O) groups is 3. The second kappa shape index (κ2) is 56.2. The van der Waals surface area contributed by atoms with Gasteiger partial charge in [0, 0.05) is 19.3 Å². The molecule has 0 heterocycles. The summed E-state index contributed by atoms with van der Waals surface area (Å²) in [6.45, 7) is 6.64. The van der Waals surface area contributed by atoms with Crippen LogP contribution < -0.4 is 0 Å². The average Bonchev–Trinajstić information content (AvgIpc) is 3.33. The minimum Gasteiger partial charge on any atom is -0.462 e. The molecule has 0 aromatic carbocycles. The summed E-state index contributed by atoms with van der Waals surface area (Å²) >= 11 is 0. The molecule has 6 nitrogen and oxygen atoms in total.